The van der Waals surface area contributed by atoms with Gasteiger partial charge in [-0.1, -0.05) is 61.2 Å². The van der Waals surface area contributed by atoms with Crippen molar-refractivity contribution in [3.05, 3.63) is 90.3 Å². The molecule has 13 heteroatoms. The minimum Gasteiger partial charge on any atom is -0.406 e. The van der Waals surface area contributed by atoms with Crippen molar-refractivity contribution < 1.29 is 22.7 Å². The predicted molar refractivity (Wildman–Crippen MR) is 158 cm³/mol. The third-order valence-corrected chi connectivity index (χ3v) is 7.64. The molecule has 1 N–H and O–H groups in total. The molecule has 1 aliphatic heterocycles. The summed E-state index contributed by atoms with van der Waals surface area (Å²) in [5.74, 6) is 0.879. The number of thioether (sulfide) groups is 1. The van der Waals surface area contributed by atoms with Crippen LogP contribution in [0.1, 0.15) is 30.5 Å². The number of hydrogen-bond donors (Lipinski definition) is 1. The molecule has 0 bridgehead atoms. The predicted octanol–water partition coefficient (Wildman–Crippen LogP) is 6.67. The van der Waals surface area contributed by atoms with E-state index in [0.29, 0.717) is 27.8 Å². The number of ether oxygens (including phenoxy) is 1. The summed E-state index contributed by atoms with van der Waals surface area (Å²) in [6.45, 7) is 2.84. The van der Waals surface area contributed by atoms with E-state index < -0.39 is 18.4 Å². The molecule has 4 aromatic rings. The average molecular weight is 606 g/mol. The van der Waals surface area contributed by atoms with Crippen LogP contribution in [-0.4, -0.2) is 44.6 Å². The van der Waals surface area contributed by atoms with Crippen molar-refractivity contribution in [3.8, 4) is 28.9 Å². The van der Waals surface area contributed by atoms with Crippen LogP contribution in [-0.2, 0) is 6.42 Å². The quantitative estimate of drug-likeness (QED) is 0.251. The van der Waals surface area contributed by atoms with Crippen LogP contribution in [0.3, 0.4) is 0 Å². The first-order chi connectivity index (χ1) is 20.7. The van der Waals surface area contributed by atoms with Gasteiger partial charge in [0.15, 0.2) is 11.0 Å². The summed E-state index contributed by atoms with van der Waals surface area (Å²) in [7, 11) is 0. The Bertz CT molecular complexity index is 1650. The summed E-state index contributed by atoms with van der Waals surface area (Å²) in [5.41, 5.74) is 3.89. The lowest BCUT2D eigenvalue weighted by molar-refractivity contribution is -0.274. The van der Waals surface area contributed by atoms with Gasteiger partial charge in [0, 0.05) is 23.5 Å². The Morgan fingerprint density at radius 2 is 1.88 bits per heavy atom. The molecule has 3 aromatic carbocycles. The van der Waals surface area contributed by atoms with E-state index in [9.17, 15) is 23.2 Å². The Kier molecular flexibility index (Phi) is 8.96. The number of nitrogens with one attached hydrogen (secondary N) is 1. The maximum atomic E-state index is 12.9. The normalized spacial score (nSPS) is 15.1. The van der Waals surface area contributed by atoms with Crippen LogP contribution < -0.4 is 15.0 Å². The highest BCUT2D eigenvalue weighted by molar-refractivity contribution is 8.14. The number of rotatable bonds is 7. The van der Waals surface area contributed by atoms with Gasteiger partial charge in [-0.3, -0.25) is 0 Å². The number of amidine groups is 1. The van der Waals surface area contributed by atoms with Gasteiger partial charge >= 0.3 is 12.4 Å². The van der Waals surface area contributed by atoms with E-state index >= 15 is 0 Å². The van der Waals surface area contributed by atoms with Crippen molar-refractivity contribution in [2.75, 3.05) is 17.2 Å². The Labute approximate surface area is 250 Å². The zero-order valence-electron chi connectivity index (χ0n) is 23.0. The molecule has 1 unspecified atom stereocenters. The molecule has 5 rings (SSSR count). The molecule has 0 saturated carbocycles. The van der Waals surface area contributed by atoms with E-state index in [0.717, 1.165) is 30.8 Å². The summed E-state index contributed by atoms with van der Waals surface area (Å²) in [5, 5.41) is 17.5. The maximum Gasteiger partial charge on any atom is 0.573 e. The molecule has 1 aromatic heterocycles. The molecule has 1 aliphatic rings. The second-order valence-electron chi connectivity index (χ2n) is 9.42. The van der Waals surface area contributed by atoms with E-state index in [2.05, 4.69) is 49.1 Å². The zero-order chi connectivity index (χ0) is 30.4. The zero-order valence-corrected chi connectivity index (χ0v) is 23.8. The number of para-hydroxylation sites is 1. The molecule has 0 spiro atoms. The molecule has 1 fully saturated rings. The Morgan fingerprint density at radius 3 is 2.58 bits per heavy atom. The topological polar surface area (TPSA) is 108 Å². The van der Waals surface area contributed by atoms with Crippen molar-refractivity contribution in [2.24, 2.45) is 4.99 Å². The second-order valence-corrected chi connectivity index (χ2v) is 10.5. The first-order valence-electron chi connectivity index (χ1n) is 13.4. The fraction of sp³-hybridized carbons (Fsp3) is 0.233. The smallest absolute Gasteiger partial charge is 0.406 e. The molecular formula is C30H26F3N7O2S. The van der Waals surface area contributed by atoms with Crippen LogP contribution in [0.2, 0.25) is 0 Å². The van der Waals surface area contributed by atoms with Gasteiger partial charge in [0.2, 0.25) is 0 Å². The summed E-state index contributed by atoms with van der Waals surface area (Å²) in [4.78, 5) is 23.6. The number of carbonyl (C=O) groups excluding carboxylic acids is 1. The number of hydrogen-bond acceptors (Lipinski definition) is 6. The highest BCUT2D eigenvalue weighted by atomic mass is 32.2. The van der Waals surface area contributed by atoms with Gasteiger partial charge in [0.1, 0.15) is 18.1 Å². The summed E-state index contributed by atoms with van der Waals surface area (Å²) >= 11 is 1.51. The Morgan fingerprint density at radius 1 is 1.14 bits per heavy atom. The molecule has 1 saturated heterocycles. The second kappa shape index (κ2) is 13.0. The summed E-state index contributed by atoms with van der Waals surface area (Å²) in [6, 6.07) is 20.7. The molecule has 220 valence electrons. The highest BCUT2D eigenvalue weighted by Gasteiger charge is 2.31. The van der Waals surface area contributed by atoms with Crippen molar-refractivity contribution in [2.45, 2.75) is 32.2 Å². The van der Waals surface area contributed by atoms with Crippen LogP contribution in [0, 0.1) is 11.3 Å². The fourth-order valence-electron chi connectivity index (χ4n) is 4.53. The van der Waals surface area contributed by atoms with Crippen molar-refractivity contribution in [1.82, 2.24) is 20.1 Å². The van der Waals surface area contributed by atoms with Gasteiger partial charge in [0.05, 0.1) is 11.8 Å². The minimum atomic E-state index is -4.77. The van der Waals surface area contributed by atoms with E-state index in [1.165, 1.54) is 52.6 Å². The number of halogens is 3. The SMILES string of the molecule is CCc1ccccc1N1CCCSC1=NC(=O)NC(C#N)c1ccc(-c2ncn(-c3ccc(OC(F)(F)F)cc3)n2)cc1. The first kappa shape index (κ1) is 29.7. The number of aryl methyl sites for hydroxylation is 1. The Hall–Kier alpha value is -4.83. The minimum absolute atomic E-state index is 0.339. The highest BCUT2D eigenvalue weighted by Crippen LogP contribution is 2.29. The standard InChI is InChI=1S/C30H26F3N7O2S/c1-2-20-6-3-4-7-26(20)39-16-5-17-43-29(39)37-28(41)36-25(18-34)21-8-10-22(11-9-21)27-35-19-40(38-27)23-12-14-24(15-13-23)42-30(31,32)33/h3-4,6-15,19,25H,2,5,16-17H2,1H3,(H,36,41). The molecular weight excluding hydrogens is 579 g/mol. The van der Waals surface area contributed by atoms with Crippen LogP contribution in [0.5, 0.6) is 5.75 Å². The van der Waals surface area contributed by atoms with Gasteiger partial charge in [-0.05, 0) is 54.3 Å². The Balaban J connectivity index is 1.26. The number of carbonyl (C=O) groups is 1. The number of alkyl halides is 3. The number of aromatic nitrogens is 3. The molecule has 9 nitrogen and oxygen atoms in total. The lowest BCUT2D eigenvalue weighted by Crippen LogP contribution is -2.36. The van der Waals surface area contributed by atoms with Gasteiger partial charge in [-0.25, -0.2) is 14.5 Å². The van der Waals surface area contributed by atoms with Crippen LogP contribution >= 0.6 is 11.8 Å². The van der Waals surface area contributed by atoms with Gasteiger partial charge < -0.3 is 15.0 Å². The average Bonchev–Trinajstić information content (AvgIpc) is 3.50. The largest absolute Gasteiger partial charge is 0.573 e. The van der Waals surface area contributed by atoms with E-state index in [1.54, 1.807) is 24.3 Å². The summed E-state index contributed by atoms with van der Waals surface area (Å²) < 4.78 is 42.6. The number of amides is 2. The fourth-order valence-corrected chi connectivity index (χ4v) is 5.48. The van der Waals surface area contributed by atoms with Gasteiger partial charge in [0.25, 0.3) is 0 Å². The van der Waals surface area contributed by atoms with Crippen LogP contribution in [0.25, 0.3) is 17.1 Å². The van der Waals surface area contributed by atoms with Crippen molar-refractivity contribution >= 4 is 28.6 Å². The number of aliphatic imine (C=N–C) groups is 1. The third kappa shape index (κ3) is 7.34. The number of nitriles is 1. The lowest BCUT2D eigenvalue weighted by atomic mass is 10.1. The molecule has 1 atom stereocenters. The van der Waals surface area contributed by atoms with Gasteiger partial charge in [-0.15, -0.1) is 18.3 Å². The maximum absolute atomic E-state index is 12.9. The molecule has 0 aliphatic carbocycles. The van der Waals surface area contributed by atoms with E-state index in [4.69, 9.17) is 0 Å². The number of nitrogens with zero attached hydrogens (tertiary/aromatic N) is 6. The molecule has 43 heavy (non-hydrogen) atoms. The number of anilines is 1. The lowest BCUT2D eigenvalue weighted by Gasteiger charge is -2.31. The summed E-state index contributed by atoms with van der Waals surface area (Å²) in [6.07, 6.45) is -1.52. The van der Waals surface area contributed by atoms with E-state index in [-0.39, 0.29) is 5.75 Å². The number of urea groups is 1. The first-order valence-corrected chi connectivity index (χ1v) is 14.4. The monoisotopic (exact) mass is 605 g/mol. The number of benzene rings is 3. The third-order valence-electron chi connectivity index (χ3n) is 6.57. The van der Waals surface area contributed by atoms with Gasteiger partial charge in [-0.2, -0.15) is 10.3 Å². The van der Waals surface area contributed by atoms with E-state index in [1.807, 2.05) is 18.2 Å². The molecule has 2 heterocycles. The van der Waals surface area contributed by atoms with Crippen molar-refractivity contribution in [1.29, 1.82) is 5.26 Å². The van der Waals surface area contributed by atoms with Crippen LogP contribution in [0.4, 0.5) is 23.7 Å². The van der Waals surface area contributed by atoms with Crippen LogP contribution in [0.15, 0.2) is 84.1 Å². The molecule has 0 radical (unpaired) electrons. The molecule has 2 amide bonds. The van der Waals surface area contributed by atoms with Crippen molar-refractivity contribution in [3.63, 3.8) is 0 Å².